The van der Waals surface area contributed by atoms with Crippen molar-refractivity contribution in [1.82, 2.24) is 5.32 Å². The molecule has 3 rings (SSSR count). The molecule has 10 heteroatoms. The number of benzene rings is 1. The molecule has 0 spiro atoms. The largest absolute Gasteiger partial charge is 0.442 e. The summed E-state index contributed by atoms with van der Waals surface area (Å²) in [6.45, 7) is 1.09. The molecule has 7 nitrogen and oxygen atoms in total. The Morgan fingerprint density at radius 3 is 2.61 bits per heavy atom. The van der Waals surface area contributed by atoms with Gasteiger partial charge in [0, 0.05) is 18.6 Å². The fraction of sp³-hybridized carbons (Fsp3) is 0.556. The van der Waals surface area contributed by atoms with Crippen LogP contribution in [0.25, 0.3) is 0 Å². The van der Waals surface area contributed by atoms with Crippen molar-refractivity contribution >= 4 is 17.7 Å². The van der Waals surface area contributed by atoms with Crippen LogP contribution in [0.15, 0.2) is 6.07 Å². The fourth-order valence-corrected chi connectivity index (χ4v) is 3.64. The molecule has 2 aliphatic rings. The van der Waals surface area contributed by atoms with Gasteiger partial charge in [-0.25, -0.2) is 18.0 Å². The number of anilines is 1. The van der Waals surface area contributed by atoms with Crippen LogP contribution in [0, 0.1) is 17.5 Å². The highest BCUT2D eigenvalue weighted by Gasteiger charge is 2.38. The van der Waals surface area contributed by atoms with Crippen molar-refractivity contribution < 1.29 is 37.7 Å². The van der Waals surface area contributed by atoms with Crippen LogP contribution in [0.3, 0.4) is 0 Å². The monoisotopic (exact) mass is 402 g/mol. The second kappa shape index (κ2) is 7.96. The summed E-state index contributed by atoms with van der Waals surface area (Å²) in [6, 6.07) is 0.729. The third kappa shape index (κ3) is 3.93. The minimum absolute atomic E-state index is 0.00940. The van der Waals surface area contributed by atoms with E-state index in [1.807, 2.05) is 0 Å². The summed E-state index contributed by atoms with van der Waals surface area (Å²) >= 11 is 0. The lowest BCUT2D eigenvalue weighted by molar-refractivity contribution is -0.119. The molecule has 154 valence electrons. The summed E-state index contributed by atoms with van der Waals surface area (Å²) in [4.78, 5) is 23.7. The van der Waals surface area contributed by atoms with Gasteiger partial charge in [-0.2, -0.15) is 0 Å². The molecular weight excluding hydrogens is 381 g/mol. The van der Waals surface area contributed by atoms with Crippen LogP contribution in [-0.4, -0.2) is 53.6 Å². The van der Waals surface area contributed by atoms with Gasteiger partial charge in [-0.15, -0.1) is 0 Å². The quantitative estimate of drug-likeness (QED) is 0.664. The minimum Gasteiger partial charge on any atom is -0.442 e. The molecule has 1 aliphatic carbocycles. The molecule has 0 aromatic heterocycles. The number of hydrogen-bond acceptors (Lipinski definition) is 5. The van der Waals surface area contributed by atoms with E-state index in [0.29, 0.717) is 0 Å². The van der Waals surface area contributed by atoms with Gasteiger partial charge in [-0.1, -0.05) is 0 Å². The smallest absolute Gasteiger partial charge is 0.414 e. The lowest BCUT2D eigenvalue weighted by Gasteiger charge is -2.31. The number of ether oxygens (including phenoxy) is 1. The first-order chi connectivity index (χ1) is 13.2. The molecular formula is C18H21F3N2O5. The molecule has 0 bridgehead atoms. The third-order valence-corrected chi connectivity index (χ3v) is 5.11. The molecule has 1 saturated carbocycles. The first-order valence-electron chi connectivity index (χ1n) is 8.95. The fourth-order valence-electron chi connectivity index (χ4n) is 3.64. The van der Waals surface area contributed by atoms with Crippen molar-refractivity contribution in [2.45, 2.75) is 50.4 Å². The average Bonchev–Trinajstić information content (AvgIpc) is 3.00. The summed E-state index contributed by atoms with van der Waals surface area (Å²) in [5.74, 6) is -5.00. The van der Waals surface area contributed by atoms with Crippen molar-refractivity contribution in [2.24, 2.45) is 0 Å². The number of carbonyl (C=O) groups is 2. The van der Waals surface area contributed by atoms with Crippen LogP contribution in [0.1, 0.15) is 37.7 Å². The van der Waals surface area contributed by atoms with E-state index in [2.05, 4.69) is 5.32 Å². The van der Waals surface area contributed by atoms with Crippen LogP contribution < -0.4 is 10.2 Å². The standard InChI is InChI=1S/C18H21F3N2O5/c1-8(24)22-6-10-7-23(18(27)28-10)12-5-11(19)15(17(21)16(12)20)9-2-3-13(25)14(26)4-9/h5,9-10,13-14,25-26H,2-4,6-7H2,1H3,(H,22,24)/t9-,10?,13?,14?/m0/s1. The van der Waals surface area contributed by atoms with Gasteiger partial charge in [0.25, 0.3) is 0 Å². The number of amides is 2. The van der Waals surface area contributed by atoms with E-state index < -0.39 is 59.0 Å². The summed E-state index contributed by atoms with van der Waals surface area (Å²) in [7, 11) is 0. The molecule has 3 N–H and O–H groups in total. The molecule has 1 aliphatic heterocycles. The first kappa shape index (κ1) is 20.4. The zero-order valence-electron chi connectivity index (χ0n) is 15.1. The molecule has 4 atom stereocenters. The van der Waals surface area contributed by atoms with Crippen molar-refractivity contribution in [3.63, 3.8) is 0 Å². The van der Waals surface area contributed by atoms with Crippen LogP contribution in [-0.2, 0) is 9.53 Å². The average molecular weight is 402 g/mol. The Morgan fingerprint density at radius 1 is 1.25 bits per heavy atom. The Hall–Kier alpha value is -2.33. The Labute approximate surface area is 159 Å². The van der Waals surface area contributed by atoms with Crippen molar-refractivity contribution in [3.05, 3.63) is 29.1 Å². The molecule has 2 fully saturated rings. The van der Waals surface area contributed by atoms with Gasteiger partial charge in [0.1, 0.15) is 11.9 Å². The highest BCUT2D eigenvalue weighted by Crippen LogP contribution is 2.39. The number of aliphatic hydroxyl groups excluding tert-OH is 2. The third-order valence-electron chi connectivity index (χ3n) is 5.11. The molecule has 3 unspecified atom stereocenters. The highest BCUT2D eigenvalue weighted by molar-refractivity contribution is 5.90. The van der Waals surface area contributed by atoms with Gasteiger partial charge in [0.15, 0.2) is 11.6 Å². The molecule has 2 amide bonds. The molecule has 1 heterocycles. The summed E-state index contributed by atoms with van der Waals surface area (Å²) in [5, 5.41) is 21.8. The number of hydrogen-bond donors (Lipinski definition) is 3. The number of cyclic esters (lactones) is 1. The van der Waals surface area contributed by atoms with E-state index in [0.717, 1.165) is 11.0 Å². The minimum atomic E-state index is -1.43. The van der Waals surface area contributed by atoms with E-state index in [1.54, 1.807) is 0 Å². The summed E-state index contributed by atoms with van der Waals surface area (Å²) in [5.41, 5.74) is -1.10. The van der Waals surface area contributed by atoms with Gasteiger partial charge in [0.2, 0.25) is 5.91 Å². The van der Waals surface area contributed by atoms with Crippen LogP contribution in [0.5, 0.6) is 0 Å². The Morgan fingerprint density at radius 2 is 1.96 bits per heavy atom. The predicted molar refractivity (Wildman–Crippen MR) is 91.2 cm³/mol. The van der Waals surface area contributed by atoms with E-state index >= 15 is 0 Å². The van der Waals surface area contributed by atoms with Crippen molar-refractivity contribution in [1.29, 1.82) is 0 Å². The number of nitrogens with zero attached hydrogens (tertiary/aromatic N) is 1. The number of nitrogens with one attached hydrogen (secondary N) is 1. The SMILES string of the molecule is CC(=O)NCC1CN(c2cc(F)c([C@H]3CCC(O)C(O)C3)c(F)c2F)C(=O)O1. The zero-order chi connectivity index (χ0) is 20.6. The van der Waals surface area contributed by atoms with Crippen molar-refractivity contribution in [3.8, 4) is 0 Å². The lowest BCUT2D eigenvalue weighted by atomic mass is 9.80. The maximum atomic E-state index is 14.7. The molecule has 28 heavy (non-hydrogen) atoms. The van der Waals surface area contributed by atoms with E-state index in [4.69, 9.17) is 4.74 Å². The normalized spacial score (nSPS) is 27.6. The van der Waals surface area contributed by atoms with E-state index in [1.165, 1.54) is 6.92 Å². The molecule has 1 aromatic carbocycles. The second-order valence-electron chi connectivity index (χ2n) is 7.12. The molecule has 0 radical (unpaired) electrons. The van der Waals surface area contributed by atoms with Gasteiger partial charge in [0.05, 0.1) is 31.0 Å². The molecule has 1 saturated heterocycles. The van der Waals surface area contributed by atoms with Crippen molar-refractivity contribution in [2.75, 3.05) is 18.0 Å². The number of carbonyl (C=O) groups excluding carboxylic acids is 2. The van der Waals surface area contributed by atoms with Gasteiger partial charge >= 0.3 is 6.09 Å². The summed E-state index contributed by atoms with van der Waals surface area (Å²) in [6.07, 6.45) is -3.66. The van der Waals surface area contributed by atoms with E-state index in [9.17, 15) is 33.0 Å². The van der Waals surface area contributed by atoms with Crippen LogP contribution >= 0.6 is 0 Å². The number of aliphatic hydroxyl groups is 2. The van der Waals surface area contributed by atoms with Gasteiger partial charge in [-0.05, 0) is 25.2 Å². The molecule has 1 aromatic rings. The predicted octanol–water partition coefficient (Wildman–Crippen LogP) is 1.55. The maximum absolute atomic E-state index is 14.7. The number of rotatable bonds is 4. The highest BCUT2D eigenvalue weighted by atomic mass is 19.2. The Kier molecular flexibility index (Phi) is 5.80. The van der Waals surface area contributed by atoms with E-state index in [-0.39, 0.29) is 38.3 Å². The Balaban J connectivity index is 1.84. The second-order valence-corrected chi connectivity index (χ2v) is 7.12. The van der Waals surface area contributed by atoms with Gasteiger partial charge < -0.3 is 20.3 Å². The first-order valence-corrected chi connectivity index (χ1v) is 8.95. The number of halogens is 3. The van der Waals surface area contributed by atoms with Gasteiger partial charge in [-0.3, -0.25) is 9.69 Å². The zero-order valence-corrected chi connectivity index (χ0v) is 15.1. The van der Waals surface area contributed by atoms with Crippen LogP contribution in [0.2, 0.25) is 0 Å². The topological polar surface area (TPSA) is 99.1 Å². The Bertz CT molecular complexity index is 791. The lowest BCUT2D eigenvalue weighted by Crippen LogP contribution is -2.34. The summed E-state index contributed by atoms with van der Waals surface area (Å²) < 4.78 is 49.0. The maximum Gasteiger partial charge on any atom is 0.414 e. The van der Waals surface area contributed by atoms with Crippen LogP contribution in [0.4, 0.5) is 23.7 Å².